The molecule has 1 heterocycles. The number of alkyl halides is 3. The van der Waals surface area contributed by atoms with Crippen LogP contribution in [0.5, 0.6) is 0 Å². The third-order valence-corrected chi connectivity index (χ3v) is 6.22. The summed E-state index contributed by atoms with van der Waals surface area (Å²) in [7, 11) is 0. The maximum atomic E-state index is 13.4. The highest BCUT2D eigenvalue weighted by Gasteiger charge is 2.45. The summed E-state index contributed by atoms with van der Waals surface area (Å²) in [5, 5.41) is 12.5. The van der Waals surface area contributed by atoms with Crippen molar-refractivity contribution in [1.82, 2.24) is 4.90 Å². The molecule has 2 aromatic carbocycles. The number of urea groups is 1. The molecule has 7 heteroatoms. The van der Waals surface area contributed by atoms with Crippen molar-refractivity contribution in [2.45, 2.75) is 24.9 Å². The van der Waals surface area contributed by atoms with Gasteiger partial charge in [-0.05, 0) is 54.4 Å². The van der Waals surface area contributed by atoms with Gasteiger partial charge in [-0.3, -0.25) is 0 Å². The van der Waals surface area contributed by atoms with Crippen molar-refractivity contribution in [2.24, 2.45) is 11.8 Å². The number of halogens is 3. The van der Waals surface area contributed by atoms with Gasteiger partial charge in [-0.25, -0.2) is 4.79 Å². The number of carbonyl (C=O) groups is 1. The van der Waals surface area contributed by atoms with Crippen LogP contribution in [-0.2, 0) is 6.18 Å². The SMILES string of the molecule is C=C(O)c1ccccc1NC(=O)N1C[C@H]2CC(c3ccccc3C(F)(F)F)C[C@H]2C1. The second kappa shape index (κ2) is 7.70. The first-order valence-electron chi connectivity index (χ1n) is 9.93. The Morgan fingerprint density at radius 2 is 1.63 bits per heavy atom. The highest BCUT2D eigenvalue weighted by molar-refractivity contribution is 5.92. The van der Waals surface area contributed by atoms with Gasteiger partial charge in [-0.2, -0.15) is 13.2 Å². The Kier molecular flexibility index (Phi) is 5.22. The van der Waals surface area contributed by atoms with Gasteiger partial charge in [0.2, 0.25) is 0 Å². The lowest BCUT2D eigenvalue weighted by Gasteiger charge is -2.22. The van der Waals surface area contributed by atoms with Crippen LogP contribution in [0.15, 0.2) is 55.1 Å². The molecule has 1 aliphatic carbocycles. The maximum Gasteiger partial charge on any atom is 0.416 e. The van der Waals surface area contributed by atoms with E-state index in [-0.39, 0.29) is 29.5 Å². The van der Waals surface area contributed by atoms with Gasteiger partial charge >= 0.3 is 12.2 Å². The van der Waals surface area contributed by atoms with Gasteiger partial charge in [0.25, 0.3) is 0 Å². The van der Waals surface area contributed by atoms with Crippen LogP contribution in [0, 0.1) is 11.8 Å². The van der Waals surface area contributed by atoms with E-state index in [0.717, 1.165) is 6.07 Å². The molecule has 2 aliphatic rings. The lowest BCUT2D eigenvalue weighted by molar-refractivity contribution is -0.138. The van der Waals surface area contributed by atoms with E-state index in [2.05, 4.69) is 11.9 Å². The molecule has 4 nitrogen and oxygen atoms in total. The van der Waals surface area contributed by atoms with Crippen molar-refractivity contribution >= 4 is 17.5 Å². The van der Waals surface area contributed by atoms with E-state index in [1.54, 1.807) is 41.3 Å². The zero-order chi connectivity index (χ0) is 21.5. The summed E-state index contributed by atoms with van der Waals surface area (Å²) in [4.78, 5) is 14.4. The normalized spacial score (nSPS) is 23.3. The van der Waals surface area contributed by atoms with Gasteiger partial charge in [-0.15, -0.1) is 0 Å². The number of aliphatic hydroxyl groups excluding tert-OH is 1. The summed E-state index contributed by atoms with van der Waals surface area (Å²) in [6.45, 7) is 4.54. The molecule has 0 aromatic heterocycles. The molecule has 3 atom stereocenters. The van der Waals surface area contributed by atoms with Gasteiger partial charge in [0.15, 0.2) is 0 Å². The van der Waals surface area contributed by atoms with Crippen LogP contribution >= 0.6 is 0 Å². The van der Waals surface area contributed by atoms with Crippen LogP contribution in [0.2, 0.25) is 0 Å². The van der Waals surface area contributed by atoms with E-state index in [0.29, 0.717) is 42.7 Å². The Bertz CT molecular complexity index is 959. The smallest absolute Gasteiger partial charge is 0.416 e. The molecular weight excluding hydrogens is 393 g/mol. The van der Waals surface area contributed by atoms with Crippen molar-refractivity contribution in [3.63, 3.8) is 0 Å². The molecule has 1 saturated heterocycles. The number of nitrogens with one attached hydrogen (secondary N) is 1. The first-order valence-corrected chi connectivity index (χ1v) is 9.93. The van der Waals surface area contributed by atoms with Gasteiger partial charge in [0.05, 0.1) is 11.3 Å². The monoisotopic (exact) mass is 416 g/mol. The molecule has 2 aromatic rings. The standard InChI is InChI=1S/C23H23F3N2O2/c1-14(29)18-6-3-5-9-21(18)27-22(30)28-12-16-10-15(11-17(16)13-28)19-7-2-4-8-20(19)23(24,25)26/h2-9,15-17,29H,1,10-13H2,(H,27,30)/t15?,16-,17+. The first kappa shape index (κ1) is 20.3. The molecule has 2 amide bonds. The third-order valence-electron chi connectivity index (χ3n) is 6.22. The fourth-order valence-electron chi connectivity index (χ4n) is 4.87. The Balaban J connectivity index is 1.42. The van der Waals surface area contributed by atoms with Crippen molar-refractivity contribution in [2.75, 3.05) is 18.4 Å². The number of rotatable bonds is 3. The fraction of sp³-hybridized carbons (Fsp3) is 0.348. The number of amides is 2. The third kappa shape index (κ3) is 3.88. The Hall–Kier alpha value is -2.96. The molecule has 158 valence electrons. The minimum absolute atomic E-state index is 0.129. The Labute approximate surface area is 173 Å². The fourth-order valence-corrected chi connectivity index (χ4v) is 4.87. The first-order chi connectivity index (χ1) is 14.2. The van der Waals surface area contributed by atoms with Gasteiger partial charge in [0, 0.05) is 18.7 Å². The second-order valence-electron chi connectivity index (χ2n) is 8.10. The Morgan fingerprint density at radius 1 is 1.03 bits per heavy atom. The van der Waals surface area contributed by atoms with Crippen LogP contribution in [0.3, 0.4) is 0 Å². The molecule has 2 N–H and O–H groups in total. The van der Waals surface area contributed by atoms with Crippen LogP contribution in [0.4, 0.5) is 23.7 Å². The quantitative estimate of drug-likeness (QED) is 0.613. The number of carbonyl (C=O) groups excluding carboxylic acids is 1. The molecular formula is C23H23F3N2O2. The van der Waals surface area contributed by atoms with Gasteiger partial charge in [0.1, 0.15) is 5.76 Å². The van der Waals surface area contributed by atoms with E-state index < -0.39 is 11.7 Å². The van der Waals surface area contributed by atoms with Crippen LogP contribution in [0.25, 0.3) is 5.76 Å². The molecule has 30 heavy (non-hydrogen) atoms. The number of hydrogen-bond donors (Lipinski definition) is 2. The van der Waals surface area contributed by atoms with E-state index in [1.807, 2.05) is 0 Å². The molecule has 2 fully saturated rings. The van der Waals surface area contributed by atoms with Crippen molar-refractivity contribution in [3.8, 4) is 0 Å². The summed E-state index contributed by atoms with van der Waals surface area (Å²) in [6, 6.07) is 12.4. The Morgan fingerprint density at radius 3 is 2.27 bits per heavy atom. The maximum absolute atomic E-state index is 13.4. The van der Waals surface area contributed by atoms with Crippen molar-refractivity contribution in [3.05, 3.63) is 71.8 Å². The second-order valence-corrected chi connectivity index (χ2v) is 8.10. The number of aliphatic hydroxyl groups is 1. The summed E-state index contributed by atoms with van der Waals surface area (Å²) < 4.78 is 40.1. The average molecular weight is 416 g/mol. The summed E-state index contributed by atoms with van der Waals surface area (Å²) >= 11 is 0. The molecule has 0 spiro atoms. The molecule has 1 aliphatic heterocycles. The molecule has 1 saturated carbocycles. The highest BCUT2D eigenvalue weighted by atomic mass is 19.4. The number of anilines is 1. The molecule has 0 radical (unpaired) electrons. The summed E-state index contributed by atoms with van der Waals surface area (Å²) in [6.07, 6.45) is -3.07. The largest absolute Gasteiger partial charge is 0.508 e. The lowest BCUT2D eigenvalue weighted by atomic mass is 9.91. The topological polar surface area (TPSA) is 52.6 Å². The molecule has 4 rings (SSSR count). The number of hydrogen-bond acceptors (Lipinski definition) is 2. The molecule has 0 bridgehead atoms. The van der Waals surface area contributed by atoms with Crippen molar-refractivity contribution < 1.29 is 23.1 Å². The van der Waals surface area contributed by atoms with Crippen LogP contribution in [-0.4, -0.2) is 29.1 Å². The number of fused-ring (bicyclic) bond motifs is 1. The highest BCUT2D eigenvalue weighted by Crippen LogP contribution is 2.48. The van der Waals surface area contributed by atoms with Crippen LogP contribution < -0.4 is 5.32 Å². The van der Waals surface area contributed by atoms with E-state index >= 15 is 0 Å². The zero-order valence-electron chi connectivity index (χ0n) is 16.3. The summed E-state index contributed by atoms with van der Waals surface area (Å²) in [5.74, 6) is 0.104. The lowest BCUT2D eigenvalue weighted by Crippen LogP contribution is -2.34. The zero-order valence-corrected chi connectivity index (χ0v) is 16.3. The number of nitrogens with zero attached hydrogens (tertiary/aromatic N) is 1. The van der Waals surface area contributed by atoms with Crippen LogP contribution in [0.1, 0.15) is 35.4 Å². The number of likely N-dealkylation sites (tertiary alicyclic amines) is 1. The summed E-state index contributed by atoms with van der Waals surface area (Å²) in [5.41, 5.74) is 0.745. The minimum Gasteiger partial charge on any atom is -0.508 e. The minimum atomic E-state index is -4.36. The molecule has 1 unspecified atom stereocenters. The number of para-hydroxylation sites is 1. The predicted octanol–water partition coefficient (Wildman–Crippen LogP) is 5.89. The average Bonchev–Trinajstić information content (AvgIpc) is 3.27. The van der Waals surface area contributed by atoms with Gasteiger partial charge < -0.3 is 15.3 Å². The van der Waals surface area contributed by atoms with E-state index in [9.17, 15) is 23.1 Å². The predicted molar refractivity (Wildman–Crippen MR) is 109 cm³/mol. The van der Waals surface area contributed by atoms with E-state index in [1.165, 1.54) is 6.07 Å². The van der Waals surface area contributed by atoms with Gasteiger partial charge in [-0.1, -0.05) is 36.9 Å². The van der Waals surface area contributed by atoms with Crippen molar-refractivity contribution in [1.29, 1.82) is 0 Å². The number of benzene rings is 2. The van der Waals surface area contributed by atoms with E-state index in [4.69, 9.17) is 0 Å².